The Hall–Kier alpha value is -3.38. The van der Waals surface area contributed by atoms with E-state index in [-0.39, 0.29) is 17.5 Å². The first kappa shape index (κ1) is 21.5. The van der Waals surface area contributed by atoms with Gasteiger partial charge in [-0.05, 0) is 59.4 Å². The van der Waals surface area contributed by atoms with Crippen LogP contribution >= 0.6 is 0 Å². The predicted molar refractivity (Wildman–Crippen MR) is 124 cm³/mol. The number of amides is 1. The second-order valence-corrected chi connectivity index (χ2v) is 8.62. The first-order valence-electron chi connectivity index (χ1n) is 11.2. The zero-order valence-corrected chi connectivity index (χ0v) is 18.3. The predicted octanol–water partition coefficient (Wildman–Crippen LogP) is 4.53. The van der Waals surface area contributed by atoms with Crippen LogP contribution in [0.4, 0.5) is 8.78 Å². The fourth-order valence-electron chi connectivity index (χ4n) is 4.79. The van der Waals surface area contributed by atoms with Crippen molar-refractivity contribution in [3.8, 4) is 0 Å². The van der Waals surface area contributed by atoms with Gasteiger partial charge in [-0.1, -0.05) is 48.5 Å². The van der Waals surface area contributed by atoms with E-state index in [1.54, 1.807) is 35.5 Å². The summed E-state index contributed by atoms with van der Waals surface area (Å²) in [4.78, 5) is 22.3. The fraction of sp³-hybridized carbons (Fsp3) is 0.259. The number of carbonyl (C=O) groups is 1. The summed E-state index contributed by atoms with van der Waals surface area (Å²) in [5.41, 5.74) is 2.58. The van der Waals surface area contributed by atoms with Crippen molar-refractivity contribution in [2.45, 2.75) is 24.9 Å². The Morgan fingerprint density at radius 3 is 2.06 bits per heavy atom. The van der Waals surface area contributed by atoms with Gasteiger partial charge in [0.25, 0.3) is 5.91 Å². The average molecular weight is 446 g/mol. The van der Waals surface area contributed by atoms with Crippen LogP contribution in [0.3, 0.4) is 0 Å². The second-order valence-electron chi connectivity index (χ2n) is 8.62. The highest BCUT2D eigenvalue weighted by atomic mass is 19.1. The van der Waals surface area contributed by atoms with Gasteiger partial charge >= 0.3 is 0 Å². The van der Waals surface area contributed by atoms with Gasteiger partial charge < -0.3 is 4.90 Å². The molecule has 2 heterocycles. The quantitative estimate of drug-likeness (QED) is 0.559. The summed E-state index contributed by atoms with van der Waals surface area (Å²) in [6.07, 6.45) is 3.42. The molecule has 4 nitrogen and oxygen atoms in total. The van der Waals surface area contributed by atoms with E-state index in [9.17, 15) is 13.6 Å². The molecule has 0 bridgehead atoms. The monoisotopic (exact) mass is 445 g/mol. The first-order chi connectivity index (χ1) is 16.1. The Bertz CT molecular complexity index is 1130. The largest absolute Gasteiger partial charge is 0.300 e. The summed E-state index contributed by atoms with van der Waals surface area (Å²) < 4.78 is 27.2. The highest BCUT2D eigenvalue weighted by Crippen LogP contribution is 2.39. The molecule has 0 fully saturated rings. The number of benzene rings is 3. The normalized spacial score (nSPS) is 17.4. The van der Waals surface area contributed by atoms with Crippen molar-refractivity contribution in [1.29, 1.82) is 0 Å². The standard InChI is InChI=1S/C27H25F2N3O/c28-24-10-6-22(7-11-24)27(23-8-12-25(29)13-9-23)26(33)32(19-30-27)16-3-15-31-17-14-20-4-1-2-5-21(20)18-31/h1-2,4-13,19H,3,14-18H2. The maximum Gasteiger partial charge on any atom is 0.264 e. The Morgan fingerprint density at radius 1 is 0.818 bits per heavy atom. The second kappa shape index (κ2) is 8.87. The molecule has 3 aromatic rings. The summed E-state index contributed by atoms with van der Waals surface area (Å²) >= 11 is 0. The molecule has 5 rings (SSSR count). The minimum absolute atomic E-state index is 0.204. The number of hydrogen-bond acceptors (Lipinski definition) is 3. The molecule has 33 heavy (non-hydrogen) atoms. The van der Waals surface area contributed by atoms with E-state index in [2.05, 4.69) is 34.2 Å². The van der Waals surface area contributed by atoms with Crippen molar-refractivity contribution in [3.63, 3.8) is 0 Å². The third-order valence-electron chi connectivity index (χ3n) is 6.57. The molecule has 0 saturated heterocycles. The van der Waals surface area contributed by atoms with Crippen molar-refractivity contribution in [3.05, 3.63) is 107 Å². The summed E-state index contributed by atoms with van der Waals surface area (Å²) in [6, 6.07) is 20.1. The zero-order valence-electron chi connectivity index (χ0n) is 18.3. The smallest absolute Gasteiger partial charge is 0.264 e. The van der Waals surface area contributed by atoms with Crippen LogP contribution in [-0.2, 0) is 23.3 Å². The number of aliphatic imine (C=N–C) groups is 1. The molecule has 0 atom stereocenters. The van der Waals surface area contributed by atoms with Gasteiger partial charge in [0.2, 0.25) is 0 Å². The number of rotatable bonds is 6. The van der Waals surface area contributed by atoms with Gasteiger partial charge in [0, 0.05) is 26.2 Å². The van der Waals surface area contributed by atoms with Gasteiger partial charge in [-0.25, -0.2) is 13.8 Å². The van der Waals surface area contributed by atoms with Gasteiger partial charge in [0.15, 0.2) is 5.54 Å². The van der Waals surface area contributed by atoms with E-state index in [4.69, 9.17) is 0 Å². The van der Waals surface area contributed by atoms with E-state index in [0.29, 0.717) is 17.7 Å². The van der Waals surface area contributed by atoms with Crippen molar-refractivity contribution < 1.29 is 13.6 Å². The van der Waals surface area contributed by atoms with E-state index in [1.807, 2.05) is 0 Å². The van der Waals surface area contributed by atoms with Gasteiger partial charge in [-0.2, -0.15) is 0 Å². The first-order valence-corrected chi connectivity index (χ1v) is 11.2. The lowest BCUT2D eigenvalue weighted by atomic mass is 9.82. The van der Waals surface area contributed by atoms with Gasteiger partial charge in [0.05, 0.1) is 6.34 Å². The third kappa shape index (κ3) is 4.07. The molecule has 168 valence electrons. The van der Waals surface area contributed by atoms with Crippen LogP contribution in [0.2, 0.25) is 0 Å². The van der Waals surface area contributed by atoms with E-state index in [0.717, 1.165) is 32.5 Å². The Kier molecular flexibility index (Phi) is 5.77. The SMILES string of the molecule is O=C1N(CCCN2CCc3ccccc3C2)C=NC1(c1ccc(F)cc1)c1ccc(F)cc1. The van der Waals surface area contributed by atoms with Crippen LogP contribution in [0.15, 0.2) is 77.8 Å². The molecular weight excluding hydrogens is 420 g/mol. The summed E-state index contributed by atoms with van der Waals surface area (Å²) in [5.74, 6) is -0.977. The summed E-state index contributed by atoms with van der Waals surface area (Å²) in [5, 5.41) is 0. The molecule has 0 aromatic heterocycles. The highest BCUT2D eigenvalue weighted by molar-refractivity contribution is 6.03. The van der Waals surface area contributed by atoms with Crippen LogP contribution in [0.25, 0.3) is 0 Å². The van der Waals surface area contributed by atoms with Gasteiger partial charge in [0.1, 0.15) is 11.6 Å². The minimum atomic E-state index is -1.33. The van der Waals surface area contributed by atoms with E-state index < -0.39 is 5.54 Å². The molecule has 0 N–H and O–H groups in total. The molecule has 0 radical (unpaired) electrons. The summed E-state index contributed by atoms with van der Waals surface area (Å²) in [6.45, 7) is 3.35. The molecule has 0 aliphatic carbocycles. The Balaban J connectivity index is 1.31. The lowest BCUT2D eigenvalue weighted by Gasteiger charge is -2.30. The molecule has 0 unspecified atom stereocenters. The van der Waals surface area contributed by atoms with Crippen LogP contribution in [0.1, 0.15) is 28.7 Å². The Labute approximate surface area is 192 Å². The lowest BCUT2D eigenvalue weighted by molar-refractivity contribution is -0.130. The van der Waals surface area contributed by atoms with Crippen molar-refractivity contribution >= 4 is 12.2 Å². The summed E-state index contributed by atoms with van der Waals surface area (Å²) in [7, 11) is 0. The molecule has 0 spiro atoms. The van der Waals surface area contributed by atoms with Crippen molar-refractivity contribution in [2.24, 2.45) is 4.99 Å². The molecular formula is C27H25F2N3O. The topological polar surface area (TPSA) is 35.9 Å². The number of hydrogen-bond donors (Lipinski definition) is 0. The third-order valence-corrected chi connectivity index (χ3v) is 6.57. The van der Waals surface area contributed by atoms with E-state index in [1.165, 1.54) is 35.4 Å². The van der Waals surface area contributed by atoms with Crippen molar-refractivity contribution in [2.75, 3.05) is 19.6 Å². The van der Waals surface area contributed by atoms with Crippen LogP contribution in [0, 0.1) is 11.6 Å². The number of halogens is 2. The molecule has 1 amide bonds. The number of carbonyl (C=O) groups excluding carboxylic acids is 1. The zero-order chi connectivity index (χ0) is 22.8. The van der Waals surface area contributed by atoms with Gasteiger partial charge in [-0.3, -0.25) is 9.69 Å². The van der Waals surface area contributed by atoms with E-state index >= 15 is 0 Å². The van der Waals surface area contributed by atoms with Crippen LogP contribution in [-0.4, -0.2) is 41.7 Å². The molecule has 2 aliphatic heterocycles. The molecule has 2 aliphatic rings. The number of fused-ring (bicyclic) bond motifs is 1. The lowest BCUT2D eigenvalue weighted by Crippen LogP contribution is -2.41. The highest BCUT2D eigenvalue weighted by Gasteiger charge is 2.47. The molecule has 0 saturated carbocycles. The van der Waals surface area contributed by atoms with Crippen LogP contribution < -0.4 is 0 Å². The van der Waals surface area contributed by atoms with Gasteiger partial charge in [-0.15, -0.1) is 0 Å². The number of nitrogens with zero attached hydrogens (tertiary/aromatic N) is 3. The molecule has 3 aromatic carbocycles. The molecule has 6 heteroatoms. The van der Waals surface area contributed by atoms with Crippen molar-refractivity contribution in [1.82, 2.24) is 9.80 Å². The average Bonchev–Trinajstić information content (AvgIpc) is 3.17. The maximum atomic E-state index is 13.6. The minimum Gasteiger partial charge on any atom is -0.300 e. The Morgan fingerprint density at radius 2 is 1.42 bits per heavy atom. The van der Waals surface area contributed by atoms with Crippen LogP contribution in [0.5, 0.6) is 0 Å². The fourth-order valence-corrected chi connectivity index (χ4v) is 4.79. The maximum absolute atomic E-state index is 13.6.